The van der Waals surface area contributed by atoms with E-state index >= 15 is 0 Å². The van der Waals surface area contributed by atoms with Crippen LogP contribution >= 0.6 is 0 Å². The Kier molecular flexibility index (Phi) is 4.23. The van der Waals surface area contributed by atoms with Gasteiger partial charge in [0.2, 0.25) is 10.0 Å². The molecule has 4 nitrogen and oxygen atoms in total. The van der Waals surface area contributed by atoms with Gasteiger partial charge in [-0.1, -0.05) is 11.8 Å². The lowest BCUT2D eigenvalue weighted by atomic mass is 10.2. The Bertz CT molecular complexity index is 570. The highest BCUT2D eigenvalue weighted by Gasteiger charge is 2.20. The Balaban J connectivity index is 3.44. The molecule has 0 saturated carbocycles. The first-order valence-corrected chi connectivity index (χ1v) is 6.15. The molecule has 0 saturated heterocycles. The van der Waals surface area contributed by atoms with E-state index < -0.39 is 22.4 Å². The van der Waals surface area contributed by atoms with Crippen molar-refractivity contribution in [3.8, 4) is 11.8 Å². The van der Waals surface area contributed by atoms with Crippen LogP contribution in [-0.4, -0.2) is 38.5 Å². The normalized spacial score (nSPS) is 11.1. The van der Waals surface area contributed by atoms with Gasteiger partial charge in [0.05, 0.1) is 4.90 Å². The molecule has 0 atom stereocenters. The summed E-state index contributed by atoms with van der Waals surface area (Å²) in [5.74, 6) is 4.14. The smallest absolute Gasteiger partial charge is 0.243 e. The van der Waals surface area contributed by atoms with E-state index in [1.807, 2.05) is 0 Å². The van der Waals surface area contributed by atoms with Crippen LogP contribution in [0.5, 0.6) is 0 Å². The average Bonchev–Trinajstić information content (AvgIpc) is 2.25. The second-order valence-electron chi connectivity index (χ2n) is 3.39. The van der Waals surface area contributed by atoms with Crippen molar-refractivity contribution in [1.82, 2.24) is 4.31 Å². The third-order valence-electron chi connectivity index (χ3n) is 2.00. The minimum absolute atomic E-state index is 0.0350. The van der Waals surface area contributed by atoms with Gasteiger partial charge in [0.1, 0.15) is 12.4 Å². The summed E-state index contributed by atoms with van der Waals surface area (Å²) >= 11 is 0. The maximum atomic E-state index is 13.0. The number of nitrogens with zero attached hydrogens (tertiary/aromatic N) is 1. The van der Waals surface area contributed by atoms with Crippen molar-refractivity contribution < 1.29 is 17.9 Å². The maximum Gasteiger partial charge on any atom is 0.243 e. The van der Waals surface area contributed by atoms with Crippen molar-refractivity contribution in [2.75, 3.05) is 20.7 Å². The quantitative estimate of drug-likeness (QED) is 0.781. The van der Waals surface area contributed by atoms with Crippen molar-refractivity contribution in [2.24, 2.45) is 0 Å². The second-order valence-corrected chi connectivity index (χ2v) is 5.51. The monoisotopic (exact) mass is 257 g/mol. The van der Waals surface area contributed by atoms with E-state index in [0.717, 1.165) is 22.5 Å². The molecule has 0 aliphatic carbocycles. The standard InChI is InChI=1S/C11H12FNO3S/c1-13(2)17(15,16)11-6-5-10(12)8-9(11)4-3-7-14/h5-6,8,14H,7H2,1-2H3. The van der Waals surface area contributed by atoms with Gasteiger partial charge in [0, 0.05) is 19.7 Å². The van der Waals surface area contributed by atoms with Crippen LogP contribution in [0, 0.1) is 17.7 Å². The molecule has 0 aromatic heterocycles. The number of aliphatic hydroxyl groups excluding tert-OH is 1. The number of rotatable bonds is 2. The number of aliphatic hydroxyl groups is 1. The molecule has 0 spiro atoms. The molecule has 0 aliphatic heterocycles. The Hall–Kier alpha value is -1.42. The topological polar surface area (TPSA) is 57.6 Å². The number of hydrogen-bond donors (Lipinski definition) is 1. The van der Waals surface area contributed by atoms with E-state index in [1.165, 1.54) is 14.1 Å². The molecule has 17 heavy (non-hydrogen) atoms. The van der Waals surface area contributed by atoms with Crippen LogP contribution in [0.2, 0.25) is 0 Å². The minimum atomic E-state index is -3.67. The number of benzene rings is 1. The van der Waals surface area contributed by atoms with Gasteiger partial charge in [0.25, 0.3) is 0 Å². The molecule has 0 bridgehead atoms. The summed E-state index contributed by atoms with van der Waals surface area (Å²) in [4.78, 5) is -0.0788. The zero-order valence-corrected chi connectivity index (χ0v) is 10.3. The number of sulfonamides is 1. The summed E-state index contributed by atoms with van der Waals surface area (Å²) in [6, 6.07) is 3.24. The van der Waals surface area contributed by atoms with E-state index in [0.29, 0.717) is 0 Å². The Morgan fingerprint density at radius 3 is 2.59 bits per heavy atom. The fourth-order valence-corrected chi connectivity index (χ4v) is 2.18. The van der Waals surface area contributed by atoms with Gasteiger partial charge < -0.3 is 5.11 Å². The SMILES string of the molecule is CN(C)S(=O)(=O)c1ccc(F)cc1C#CCO. The molecule has 1 rings (SSSR count). The molecular weight excluding hydrogens is 245 g/mol. The van der Waals surface area contributed by atoms with E-state index in [9.17, 15) is 12.8 Å². The van der Waals surface area contributed by atoms with Gasteiger partial charge in [-0.25, -0.2) is 17.1 Å². The fourth-order valence-electron chi connectivity index (χ4n) is 1.16. The van der Waals surface area contributed by atoms with Crippen LogP contribution in [-0.2, 0) is 10.0 Å². The molecule has 6 heteroatoms. The second kappa shape index (κ2) is 5.27. The summed E-state index contributed by atoms with van der Waals surface area (Å²) in [5.41, 5.74) is 0.0350. The molecule has 0 unspecified atom stereocenters. The van der Waals surface area contributed by atoms with Gasteiger partial charge >= 0.3 is 0 Å². The van der Waals surface area contributed by atoms with Crippen molar-refractivity contribution in [3.63, 3.8) is 0 Å². The third kappa shape index (κ3) is 3.03. The van der Waals surface area contributed by atoms with Gasteiger partial charge in [-0.05, 0) is 18.2 Å². The van der Waals surface area contributed by atoms with E-state index in [2.05, 4.69) is 11.8 Å². The summed E-state index contributed by atoms with van der Waals surface area (Å²) in [5, 5.41) is 8.57. The zero-order valence-electron chi connectivity index (χ0n) is 9.44. The first kappa shape index (κ1) is 13.6. The summed E-state index contributed by atoms with van der Waals surface area (Å²) in [6.45, 7) is -0.419. The summed E-state index contributed by atoms with van der Waals surface area (Å²) in [6.07, 6.45) is 0. The lowest BCUT2D eigenvalue weighted by Gasteiger charge is -2.12. The first-order valence-electron chi connectivity index (χ1n) is 4.71. The van der Waals surface area contributed by atoms with E-state index in [1.54, 1.807) is 0 Å². The van der Waals surface area contributed by atoms with Crippen molar-refractivity contribution in [2.45, 2.75) is 4.90 Å². The molecular formula is C11H12FNO3S. The van der Waals surface area contributed by atoms with Crippen molar-refractivity contribution in [1.29, 1.82) is 0 Å². The first-order chi connectivity index (χ1) is 7.89. The minimum Gasteiger partial charge on any atom is -0.384 e. The van der Waals surface area contributed by atoms with Gasteiger partial charge in [-0.2, -0.15) is 0 Å². The van der Waals surface area contributed by atoms with Crippen molar-refractivity contribution in [3.05, 3.63) is 29.6 Å². The third-order valence-corrected chi connectivity index (χ3v) is 3.88. The highest BCUT2D eigenvalue weighted by molar-refractivity contribution is 7.89. The highest BCUT2D eigenvalue weighted by Crippen LogP contribution is 2.18. The van der Waals surface area contributed by atoms with Gasteiger partial charge in [-0.3, -0.25) is 0 Å². The summed E-state index contributed by atoms with van der Waals surface area (Å²) in [7, 11) is -0.918. The predicted octanol–water partition coefficient (Wildman–Crippen LogP) is 0.420. The summed E-state index contributed by atoms with van der Waals surface area (Å²) < 4.78 is 37.8. The molecule has 92 valence electrons. The lowest BCUT2D eigenvalue weighted by Crippen LogP contribution is -2.23. The molecule has 0 fully saturated rings. The number of hydrogen-bond acceptors (Lipinski definition) is 3. The molecule has 0 radical (unpaired) electrons. The molecule has 0 amide bonds. The molecule has 0 aliphatic rings. The Morgan fingerprint density at radius 1 is 1.41 bits per heavy atom. The molecule has 1 aromatic carbocycles. The van der Waals surface area contributed by atoms with Crippen LogP contribution in [0.3, 0.4) is 0 Å². The van der Waals surface area contributed by atoms with Crippen LogP contribution < -0.4 is 0 Å². The largest absolute Gasteiger partial charge is 0.384 e. The zero-order chi connectivity index (χ0) is 13.1. The maximum absolute atomic E-state index is 13.0. The molecule has 0 heterocycles. The van der Waals surface area contributed by atoms with Gasteiger partial charge in [0.15, 0.2) is 0 Å². The van der Waals surface area contributed by atoms with E-state index in [-0.39, 0.29) is 10.5 Å². The predicted molar refractivity (Wildman–Crippen MR) is 61.2 cm³/mol. The molecule has 1 aromatic rings. The fraction of sp³-hybridized carbons (Fsp3) is 0.273. The van der Waals surface area contributed by atoms with Gasteiger partial charge in [-0.15, -0.1) is 0 Å². The van der Waals surface area contributed by atoms with Crippen LogP contribution in [0.25, 0.3) is 0 Å². The van der Waals surface area contributed by atoms with Crippen LogP contribution in [0.4, 0.5) is 4.39 Å². The Morgan fingerprint density at radius 2 is 2.06 bits per heavy atom. The van der Waals surface area contributed by atoms with Crippen molar-refractivity contribution >= 4 is 10.0 Å². The highest BCUT2D eigenvalue weighted by atomic mass is 32.2. The lowest BCUT2D eigenvalue weighted by molar-refractivity contribution is 0.350. The Labute approximate surface area is 99.7 Å². The van der Waals surface area contributed by atoms with Crippen LogP contribution in [0.1, 0.15) is 5.56 Å². The average molecular weight is 257 g/mol. The van der Waals surface area contributed by atoms with E-state index in [4.69, 9.17) is 5.11 Å². The number of halogens is 1. The molecule has 1 N–H and O–H groups in total. The van der Waals surface area contributed by atoms with Crippen LogP contribution in [0.15, 0.2) is 23.1 Å².